The Balaban J connectivity index is 0.00000512. The third-order valence-electron chi connectivity index (χ3n) is 3.90. The van der Waals surface area contributed by atoms with E-state index in [4.69, 9.17) is 18.6 Å². The first kappa shape index (κ1) is 32.8. The van der Waals surface area contributed by atoms with Crippen LogP contribution in [0.15, 0.2) is 58.3 Å². The normalized spacial score (nSPS) is 11.7. The van der Waals surface area contributed by atoms with Crippen LogP contribution in [0.4, 0.5) is 0 Å². The number of sulfone groups is 1. The van der Waals surface area contributed by atoms with Gasteiger partial charge in [0.25, 0.3) is 20.2 Å². The summed E-state index contributed by atoms with van der Waals surface area (Å²) in [6, 6.07) is 11.2. The molecule has 176 valence electrons. The predicted molar refractivity (Wildman–Crippen MR) is 126 cm³/mol. The molecule has 2 aromatic rings. The topological polar surface area (TPSA) is 161 Å². The number of hydrogen-bond donors (Lipinski definition) is 2. The van der Waals surface area contributed by atoms with Crippen LogP contribution in [0.2, 0.25) is 0 Å². The van der Waals surface area contributed by atoms with E-state index in [0.29, 0.717) is 11.5 Å². The van der Waals surface area contributed by atoms with Gasteiger partial charge in [0.2, 0.25) is 9.84 Å². The Labute approximate surface area is 238 Å². The second-order valence-electron chi connectivity index (χ2n) is 6.42. The van der Waals surface area contributed by atoms with Gasteiger partial charge in [-0.2, -0.15) is 16.8 Å². The first-order chi connectivity index (χ1) is 14.4. The fourth-order valence-electron chi connectivity index (χ4n) is 2.43. The summed E-state index contributed by atoms with van der Waals surface area (Å²) in [6.07, 6.45) is 0.173. The molecule has 0 saturated carbocycles. The first-order valence-corrected chi connectivity index (χ1v) is 13.7. The van der Waals surface area contributed by atoms with Crippen molar-refractivity contribution in [2.75, 3.05) is 24.7 Å². The molecule has 0 aliphatic rings. The summed E-state index contributed by atoms with van der Waals surface area (Å²) in [5.74, 6) is -0.162. The van der Waals surface area contributed by atoms with Crippen LogP contribution in [0, 0.1) is 0 Å². The van der Waals surface area contributed by atoms with Crippen LogP contribution in [0.25, 0.3) is 0 Å². The van der Waals surface area contributed by atoms with Crippen LogP contribution >= 0.6 is 0 Å². The van der Waals surface area contributed by atoms with Crippen LogP contribution in [0.3, 0.4) is 0 Å². The molecule has 0 amide bonds. The van der Waals surface area contributed by atoms with Crippen molar-refractivity contribution in [1.82, 2.24) is 0 Å². The summed E-state index contributed by atoms with van der Waals surface area (Å²) in [4.78, 5) is 0.0548. The van der Waals surface area contributed by atoms with E-state index in [1.807, 2.05) is 0 Å². The van der Waals surface area contributed by atoms with Crippen molar-refractivity contribution in [3.8, 4) is 11.5 Å². The second kappa shape index (κ2) is 14.4. The van der Waals surface area contributed by atoms with Crippen LogP contribution in [0.5, 0.6) is 11.5 Å². The Morgan fingerprint density at radius 1 is 0.576 bits per heavy atom. The Morgan fingerprint density at radius 3 is 1.15 bits per heavy atom. The van der Waals surface area contributed by atoms with Gasteiger partial charge in [-0.05, 0) is 61.4 Å². The molecule has 15 heteroatoms. The molecule has 0 aliphatic carbocycles. The monoisotopic (exact) mass is 542 g/mol. The third kappa shape index (κ3) is 12.4. The van der Waals surface area contributed by atoms with Crippen LogP contribution < -0.4 is 9.47 Å². The zero-order valence-electron chi connectivity index (χ0n) is 16.2. The minimum atomic E-state index is -4.05. The molecule has 2 rings (SSSR count). The van der Waals surface area contributed by atoms with Gasteiger partial charge in [-0.1, -0.05) is 0 Å². The van der Waals surface area contributed by atoms with Gasteiger partial charge in [-0.15, -0.1) is 0 Å². The third-order valence-corrected chi connectivity index (χ3v) is 7.29. The van der Waals surface area contributed by atoms with Gasteiger partial charge in [0, 0.05) is 0 Å². The maximum absolute atomic E-state index is 12.7. The first-order valence-electron chi connectivity index (χ1n) is 8.98. The molecule has 33 heavy (non-hydrogen) atoms. The van der Waals surface area contributed by atoms with Gasteiger partial charge in [-0.25, -0.2) is 8.42 Å². The van der Waals surface area contributed by atoms with E-state index in [0.717, 1.165) is 0 Å². The van der Waals surface area contributed by atoms with E-state index in [1.165, 1.54) is 48.5 Å². The molecular formula is C18H24Na2O10S3. The van der Waals surface area contributed by atoms with Crippen LogP contribution in [-0.2, 0) is 30.1 Å². The van der Waals surface area contributed by atoms with E-state index in [2.05, 4.69) is 0 Å². The Morgan fingerprint density at radius 2 is 0.879 bits per heavy atom. The van der Waals surface area contributed by atoms with Gasteiger partial charge < -0.3 is 9.47 Å². The zero-order chi connectivity index (χ0) is 23.1. The van der Waals surface area contributed by atoms with Crippen molar-refractivity contribution in [3.63, 3.8) is 0 Å². The molecule has 2 aromatic carbocycles. The molecule has 0 heterocycles. The summed E-state index contributed by atoms with van der Waals surface area (Å²) in [5, 5.41) is 0. The fraction of sp³-hybridized carbons (Fsp3) is 0.333. The molecule has 0 radical (unpaired) electrons. The van der Waals surface area contributed by atoms with Gasteiger partial charge in [0.1, 0.15) is 11.5 Å². The Hall–Kier alpha value is -0.190. The Bertz CT molecular complexity index is 1090. The summed E-state index contributed by atoms with van der Waals surface area (Å²) >= 11 is 0. The van der Waals surface area contributed by atoms with E-state index < -0.39 is 41.6 Å². The SMILES string of the molecule is O=S(=O)(O)CCCOc1ccc(S(=O)(=O)c2ccc(OCCCS(=O)(=O)O)cc2)cc1.[NaH].[NaH]. The molecule has 0 fully saturated rings. The number of rotatable bonds is 12. The van der Waals surface area contributed by atoms with E-state index in [1.54, 1.807) is 0 Å². The molecule has 0 spiro atoms. The molecular weight excluding hydrogens is 518 g/mol. The van der Waals surface area contributed by atoms with E-state index >= 15 is 0 Å². The van der Waals surface area contributed by atoms with Gasteiger partial charge in [0.05, 0.1) is 34.5 Å². The fourth-order valence-corrected chi connectivity index (χ4v) is 4.66. The maximum atomic E-state index is 12.7. The van der Waals surface area contributed by atoms with Crippen molar-refractivity contribution >= 4 is 89.2 Å². The molecule has 0 saturated heterocycles. The summed E-state index contributed by atoms with van der Waals surface area (Å²) < 4.78 is 96.0. The van der Waals surface area contributed by atoms with Crippen molar-refractivity contribution in [2.45, 2.75) is 22.6 Å². The average molecular weight is 543 g/mol. The molecule has 0 bridgehead atoms. The second-order valence-corrected chi connectivity index (χ2v) is 11.5. The van der Waals surface area contributed by atoms with Crippen LogP contribution in [0.1, 0.15) is 12.8 Å². The zero-order valence-corrected chi connectivity index (χ0v) is 18.7. The number of hydrogen-bond acceptors (Lipinski definition) is 8. The molecule has 0 aromatic heterocycles. The molecule has 2 N–H and O–H groups in total. The molecule has 0 unspecified atom stereocenters. The van der Waals surface area contributed by atoms with Crippen LogP contribution in [-0.4, -0.2) is 118 Å². The van der Waals surface area contributed by atoms with Gasteiger partial charge in [-0.3, -0.25) is 9.11 Å². The Kier molecular flexibility index (Phi) is 14.3. The number of benzene rings is 2. The van der Waals surface area contributed by atoms with E-state index in [-0.39, 0.29) is 95.0 Å². The van der Waals surface area contributed by atoms with Gasteiger partial charge >= 0.3 is 59.1 Å². The molecule has 0 aliphatic heterocycles. The van der Waals surface area contributed by atoms with Crippen molar-refractivity contribution < 1.29 is 43.8 Å². The quantitative estimate of drug-likeness (QED) is 0.220. The van der Waals surface area contributed by atoms with Gasteiger partial charge in [0.15, 0.2) is 0 Å². The molecule has 0 atom stereocenters. The predicted octanol–water partition coefficient (Wildman–Crippen LogP) is 0.536. The molecule has 10 nitrogen and oxygen atoms in total. The standard InChI is InChI=1S/C18H22O10S3.2Na.2H/c19-29(20,21)13-1-11-27-15-3-7-17(8-4-15)31(25,26)18-9-5-16(6-10-18)28-12-2-14-30(22,23)24;;;;/h3-10H,1-2,11-14H2,(H,19,20,21)(H,22,23,24);;;;. The number of ether oxygens (including phenoxy) is 2. The average Bonchev–Trinajstić information content (AvgIpc) is 2.68. The summed E-state index contributed by atoms with van der Waals surface area (Å²) in [5.41, 5.74) is 0. The minimum absolute atomic E-state index is 0. The summed E-state index contributed by atoms with van der Waals surface area (Å²) in [7, 11) is -11.9. The van der Waals surface area contributed by atoms with Crippen molar-refractivity contribution in [1.29, 1.82) is 0 Å². The summed E-state index contributed by atoms with van der Waals surface area (Å²) in [6.45, 7) is 0.0785. The van der Waals surface area contributed by atoms with Crippen molar-refractivity contribution in [2.24, 2.45) is 0 Å². The van der Waals surface area contributed by atoms with E-state index in [9.17, 15) is 25.3 Å². The van der Waals surface area contributed by atoms with Crippen molar-refractivity contribution in [3.05, 3.63) is 48.5 Å².